The lowest BCUT2D eigenvalue weighted by Crippen LogP contribution is -2.01. The fourth-order valence-corrected chi connectivity index (χ4v) is 1.97. The van der Waals surface area contributed by atoms with Gasteiger partial charge in [0.15, 0.2) is 0 Å². The van der Waals surface area contributed by atoms with E-state index < -0.39 is 5.97 Å². The van der Waals surface area contributed by atoms with Crippen LogP contribution in [0.4, 0.5) is 5.69 Å². The number of aromatic nitrogens is 1. The number of nitrogens with zero attached hydrogens (tertiary/aromatic N) is 1. The van der Waals surface area contributed by atoms with E-state index in [-0.39, 0.29) is 5.69 Å². The molecule has 0 spiro atoms. The largest absolute Gasteiger partial charge is 0.477 e. The molecule has 0 atom stereocenters. The summed E-state index contributed by atoms with van der Waals surface area (Å²) < 4.78 is 0. The molecule has 0 aliphatic carbocycles. The predicted octanol–water partition coefficient (Wildman–Crippen LogP) is 2.89. The number of rotatable bonds is 1. The minimum atomic E-state index is -1.02. The maximum Gasteiger partial charge on any atom is 0.354 e. The van der Waals surface area contributed by atoms with E-state index >= 15 is 0 Å². The van der Waals surface area contributed by atoms with Crippen LogP contribution in [0.5, 0.6) is 0 Å². The zero-order chi connectivity index (χ0) is 12.5. The maximum atomic E-state index is 11.0. The summed E-state index contributed by atoms with van der Waals surface area (Å²) in [4.78, 5) is 15.2. The number of pyridine rings is 1. The Balaban J connectivity index is 2.32. The van der Waals surface area contributed by atoms with Crippen LogP contribution in [0.3, 0.4) is 0 Å². The summed E-state index contributed by atoms with van der Waals surface area (Å²) in [5, 5.41) is 13.1. The van der Waals surface area contributed by atoms with Crippen molar-refractivity contribution < 1.29 is 9.90 Å². The second kappa shape index (κ2) is 4.00. The van der Waals surface area contributed by atoms with Gasteiger partial charge in [-0.25, -0.2) is 9.78 Å². The van der Waals surface area contributed by atoms with Gasteiger partial charge >= 0.3 is 5.97 Å². The number of allylic oxidation sites excluding steroid dienone is 2. The molecule has 0 radical (unpaired) electrons. The summed E-state index contributed by atoms with van der Waals surface area (Å²) in [6.45, 7) is 0. The summed E-state index contributed by atoms with van der Waals surface area (Å²) in [7, 11) is 0. The number of nitrogens with one attached hydrogen (secondary N) is 1. The highest BCUT2D eigenvalue weighted by molar-refractivity contribution is 5.96. The van der Waals surface area contributed by atoms with E-state index in [1.165, 1.54) is 6.07 Å². The lowest BCUT2D eigenvalue weighted by atomic mass is 10.1. The van der Waals surface area contributed by atoms with Gasteiger partial charge in [0.2, 0.25) is 0 Å². The van der Waals surface area contributed by atoms with Gasteiger partial charge < -0.3 is 10.4 Å². The molecule has 18 heavy (non-hydrogen) atoms. The monoisotopic (exact) mass is 238 g/mol. The Morgan fingerprint density at radius 3 is 2.83 bits per heavy atom. The van der Waals surface area contributed by atoms with Crippen LogP contribution in [-0.2, 0) is 0 Å². The Bertz CT molecular complexity index is 702. The van der Waals surface area contributed by atoms with Gasteiger partial charge in [-0.3, -0.25) is 0 Å². The van der Waals surface area contributed by atoms with Crippen LogP contribution >= 0.6 is 0 Å². The molecular formula is C14H10N2O2. The number of carbonyl (C=O) groups is 1. The van der Waals surface area contributed by atoms with E-state index in [0.717, 1.165) is 16.6 Å². The highest BCUT2D eigenvalue weighted by Gasteiger charge is 2.10. The SMILES string of the molecule is O=C(O)c1ccc2ccc3c(c2n1)C=CC=CN3. The molecule has 2 heterocycles. The standard InChI is InChI=1S/C14H10N2O2/c17-14(18)12-7-5-9-4-6-11-10(13(9)16-12)3-1-2-8-15-11/h1-8,15H,(H,17,18). The van der Waals surface area contributed by atoms with Gasteiger partial charge in [0.1, 0.15) is 5.69 Å². The third-order valence-corrected chi connectivity index (χ3v) is 2.83. The van der Waals surface area contributed by atoms with E-state index in [1.54, 1.807) is 6.07 Å². The molecule has 2 aromatic rings. The Morgan fingerprint density at radius 1 is 1.17 bits per heavy atom. The fraction of sp³-hybridized carbons (Fsp3) is 0. The lowest BCUT2D eigenvalue weighted by molar-refractivity contribution is 0.0691. The second-order valence-electron chi connectivity index (χ2n) is 3.96. The van der Waals surface area contributed by atoms with Crippen molar-refractivity contribution in [2.45, 2.75) is 0 Å². The first-order valence-electron chi connectivity index (χ1n) is 5.52. The van der Waals surface area contributed by atoms with E-state index in [9.17, 15) is 4.79 Å². The Kier molecular flexibility index (Phi) is 2.34. The van der Waals surface area contributed by atoms with Gasteiger partial charge in [0.05, 0.1) is 5.52 Å². The van der Waals surface area contributed by atoms with Gasteiger partial charge in [0, 0.05) is 22.8 Å². The lowest BCUT2D eigenvalue weighted by Gasteiger charge is -2.08. The van der Waals surface area contributed by atoms with Crippen LogP contribution in [0.2, 0.25) is 0 Å². The molecule has 3 rings (SSSR count). The van der Waals surface area contributed by atoms with Gasteiger partial charge in [-0.1, -0.05) is 24.3 Å². The molecule has 0 amide bonds. The van der Waals surface area contributed by atoms with Crippen molar-refractivity contribution in [2.75, 3.05) is 5.32 Å². The summed E-state index contributed by atoms with van der Waals surface area (Å²) >= 11 is 0. The summed E-state index contributed by atoms with van der Waals surface area (Å²) in [5.41, 5.74) is 2.57. The normalized spacial score (nSPS) is 12.9. The van der Waals surface area contributed by atoms with Crippen molar-refractivity contribution in [3.63, 3.8) is 0 Å². The van der Waals surface area contributed by atoms with Crippen molar-refractivity contribution in [3.05, 3.63) is 53.9 Å². The van der Waals surface area contributed by atoms with E-state index in [0.29, 0.717) is 5.52 Å². The molecule has 0 bridgehead atoms. The average Bonchev–Trinajstić information content (AvgIpc) is 2.63. The number of benzene rings is 1. The Hall–Kier alpha value is -2.62. The number of carboxylic acid groups (broad SMARTS) is 1. The molecule has 1 aromatic heterocycles. The summed E-state index contributed by atoms with van der Waals surface area (Å²) in [6.07, 6.45) is 7.53. The van der Waals surface area contributed by atoms with Crippen molar-refractivity contribution >= 4 is 28.6 Å². The average molecular weight is 238 g/mol. The van der Waals surface area contributed by atoms with Gasteiger partial charge in [0.25, 0.3) is 0 Å². The smallest absolute Gasteiger partial charge is 0.354 e. The Morgan fingerprint density at radius 2 is 2.00 bits per heavy atom. The van der Waals surface area contributed by atoms with Crippen LogP contribution in [0.1, 0.15) is 16.1 Å². The zero-order valence-corrected chi connectivity index (χ0v) is 9.42. The third-order valence-electron chi connectivity index (χ3n) is 2.83. The van der Waals surface area contributed by atoms with Crippen LogP contribution in [0, 0.1) is 0 Å². The third kappa shape index (κ3) is 1.64. The van der Waals surface area contributed by atoms with Crippen LogP contribution in [0.25, 0.3) is 17.0 Å². The van der Waals surface area contributed by atoms with E-state index in [4.69, 9.17) is 5.11 Å². The van der Waals surface area contributed by atoms with Crippen molar-refractivity contribution in [3.8, 4) is 0 Å². The summed E-state index contributed by atoms with van der Waals surface area (Å²) in [5.74, 6) is -1.02. The first-order valence-corrected chi connectivity index (χ1v) is 5.52. The molecule has 88 valence electrons. The number of aromatic carboxylic acids is 1. The number of anilines is 1. The minimum absolute atomic E-state index is 0.0570. The van der Waals surface area contributed by atoms with Crippen molar-refractivity contribution in [2.24, 2.45) is 0 Å². The van der Waals surface area contributed by atoms with Crippen LogP contribution in [-0.4, -0.2) is 16.1 Å². The molecule has 1 aliphatic heterocycles. The van der Waals surface area contributed by atoms with Gasteiger partial charge in [-0.15, -0.1) is 0 Å². The maximum absolute atomic E-state index is 11.0. The molecule has 0 unspecified atom stereocenters. The minimum Gasteiger partial charge on any atom is -0.477 e. The highest BCUT2D eigenvalue weighted by atomic mass is 16.4. The fourth-order valence-electron chi connectivity index (χ4n) is 1.97. The van der Waals surface area contributed by atoms with E-state index in [1.807, 2.05) is 36.6 Å². The van der Waals surface area contributed by atoms with Gasteiger partial charge in [-0.05, 0) is 18.2 Å². The topological polar surface area (TPSA) is 62.2 Å². The molecular weight excluding hydrogens is 228 g/mol. The number of fused-ring (bicyclic) bond motifs is 3. The van der Waals surface area contributed by atoms with Crippen molar-refractivity contribution in [1.29, 1.82) is 0 Å². The molecule has 2 N–H and O–H groups in total. The zero-order valence-electron chi connectivity index (χ0n) is 9.42. The van der Waals surface area contributed by atoms with Gasteiger partial charge in [-0.2, -0.15) is 0 Å². The van der Waals surface area contributed by atoms with E-state index in [2.05, 4.69) is 10.3 Å². The molecule has 0 saturated carbocycles. The number of hydrogen-bond donors (Lipinski definition) is 2. The Labute approximate surface area is 103 Å². The predicted molar refractivity (Wildman–Crippen MR) is 70.5 cm³/mol. The van der Waals surface area contributed by atoms with Crippen LogP contribution < -0.4 is 5.32 Å². The first kappa shape index (κ1) is 10.5. The number of hydrogen-bond acceptors (Lipinski definition) is 3. The van der Waals surface area contributed by atoms with Crippen LogP contribution in [0.15, 0.2) is 42.6 Å². The molecule has 0 fully saturated rings. The van der Waals surface area contributed by atoms with Crippen molar-refractivity contribution in [1.82, 2.24) is 4.98 Å². The molecule has 1 aliphatic rings. The highest BCUT2D eigenvalue weighted by Crippen LogP contribution is 2.27. The first-order chi connectivity index (χ1) is 8.75. The molecule has 4 heteroatoms. The molecule has 0 saturated heterocycles. The second-order valence-corrected chi connectivity index (χ2v) is 3.96. The summed E-state index contributed by atoms with van der Waals surface area (Å²) in [6, 6.07) is 7.17. The molecule has 4 nitrogen and oxygen atoms in total. The molecule has 1 aromatic carbocycles. The quantitative estimate of drug-likeness (QED) is 0.801. The number of carboxylic acids is 1.